The Morgan fingerprint density at radius 2 is 2.18 bits per heavy atom. The SMILES string of the molecule is CC(Nc1ccn2ncc(-c3cn[nH]c3)c2n1)/C(=C/C=C\C=C\O)CC(F)F. The Morgan fingerprint density at radius 3 is 2.89 bits per heavy atom. The highest BCUT2D eigenvalue weighted by atomic mass is 19.3. The molecule has 0 bridgehead atoms. The summed E-state index contributed by atoms with van der Waals surface area (Å²) in [4.78, 5) is 4.57. The van der Waals surface area contributed by atoms with Gasteiger partial charge in [0.2, 0.25) is 6.43 Å². The molecule has 0 aliphatic carbocycles. The van der Waals surface area contributed by atoms with Gasteiger partial charge in [0.15, 0.2) is 5.65 Å². The summed E-state index contributed by atoms with van der Waals surface area (Å²) in [7, 11) is 0. The number of fused-ring (bicyclic) bond motifs is 1. The summed E-state index contributed by atoms with van der Waals surface area (Å²) < 4.78 is 27.5. The van der Waals surface area contributed by atoms with E-state index in [1.165, 1.54) is 6.08 Å². The molecular formula is C19H20F2N6O. The highest BCUT2D eigenvalue weighted by Gasteiger charge is 2.15. The fourth-order valence-electron chi connectivity index (χ4n) is 2.73. The third kappa shape index (κ3) is 4.61. The molecule has 28 heavy (non-hydrogen) atoms. The van der Waals surface area contributed by atoms with Crippen LogP contribution in [0.3, 0.4) is 0 Å². The third-order valence-electron chi connectivity index (χ3n) is 4.11. The molecule has 1 atom stereocenters. The second-order valence-corrected chi connectivity index (χ2v) is 6.06. The van der Waals surface area contributed by atoms with Crippen LogP contribution in [-0.4, -0.2) is 42.4 Å². The Balaban J connectivity index is 1.84. The van der Waals surface area contributed by atoms with Crippen LogP contribution in [0, 0.1) is 0 Å². The number of H-pyrrole nitrogens is 1. The Labute approximate surface area is 160 Å². The van der Waals surface area contributed by atoms with Crippen molar-refractivity contribution in [1.82, 2.24) is 24.8 Å². The zero-order valence-electron chi connectivity index (χ0n) is 15.1. The predicted octanol–water partition coefficient (Wildman–Crippen LogP) is 4.13. The first-order valence-electron chi connectivity index (χ1n) is 8.63. The standard InChI is InChI=1S/C19H20F2N6O/c1-13(14(9-17(20)21)5-3-2-4-8-28)25-18-6-7-27-19(26-18)16(12-24-27)15-10-22-23-11-15/h2-8,10-13,17,28H,9H2,1H3,(H,22,23)(H,25,26)/b3-2-,8-4+,14-5+. The normalized spacial score (nSPS) is 13.9. The molecule has 0 radical (unpaired) electrons. The van der Waals surface area contributed by atoms with Crippen molar-refractivity contribution in [2.75, 3.05) is 5.32 Å². The maximum atomic E-state index is 13.0. The molecule has 3 aromatic rings. The smallest absolute Gasteiger partial charge is 0.242 e. The lowest BCUT2D eigenvalue weighted by Gasteiger charge is -2.18. The van der Waals surface area contributed by atoms with Crippen molar-refractivity contribution in [2.45, 2.75) is 25.8 Å². The van der Waals surface area contributed by atoms with Gasteiger partial charge in [0.25, 0.3) is 0 Å². The number of anilines is 1. The van der Waals surface area contributed by atoms with Crippen molar-refractivity contribution in [2.24, 2.45) is 0 Å². The summed E-state index contributed by atoms with van der Waals surface area (Å²) in [6.07, 6.45) is 11.1. The number of hydrogen-bond donors (Lipinski definition) is 3. The monoisotopic (exact) mass is 386 g/mol. The van der Waals surface area contributed by atoms with Gasteiger partial charge in [-0.15, -0.1) is 0 Å². The largest absolute Gasteiger partial charge is 0.516 e. The van der Waals surface area contributed by atoms with Crippen LogP contribution >= 0.6 is 0 Å². The molecule has 0 saturated heterocycles. The van der Waals surface area contributed by atoms with E-state index in [-0.39, 0.29) is 12.5 Å². The van der Waals surface area contributed by atoms with Crippen LogP contribution in [0.4, 0.5) is 14.6 Å². The summed E-state index contributed by atoms with van der Waals surface area (Å²) in [5.74, 6) is 0.546. The first kappa shape index (κ1) is 19.3. The lowest BCUT2D eigenvalue weighted by atomic mass is 10.0. The number of hydrogen-bond acceptors (Lipinski definition) is 5. The van der Waals surface area contributed by atoms with Gasteiger partial charge in [-0.25, -0.2) is 18.3 Å². The van der Waals surface area contributed by atoms with E-state index in [4.69, 9.17) is 5.11 Å². The fraction of sp³-hybridized carbons (Fsp3) is 0.211. The zero-order chi connectivity index (χ0) is 19.9. The minimum atomic E-state index is -2.46. The van der Waals surface area contributed by atoms with Crippen LogP contribution in [0.1, 0.15) is 13.3 Å². The fourth-order valence-corrected chi connectivity index (χ4v) is 2.73. The number of aliphatic hydroxyl groups is 1. The van der Waals surface area contributed by atoms with Gasteiger partial charge in [0.1, 0.15) is 5.82 Å². The lowest BCUT2D eigenvalue weighted by Crippen LogP contribution is -2.20. The molecule has 0 aromatic carbocycles. The maximum absolute atomic E-state index is 13.0. The van der Waals surface area contributed by atoms with Crippen molar-refractivity contribution in [3.63, 3.8) is 0 Å². The predicted molar refractivity (Wildman–Crippen MR) is 103 cm³/mol. The number of aromatic amines is 1. The number of aromatic nitrogens is 5. The minimum Gasteiger partial charge on any atom is -0.516 e. The second-order valence-electron chi connectivity index (χ2n) is 6.06. The molecule has 3 aromatic heterocycles. The van der Waals surface area contributed by atoms with Crippen LogP contribution in [0.15, 0.2) is 67.0 Å². The number of rotatable bonds is 8. The molecule has 3 heterocycles. The number of aliphatic hydroxyl groups excluding tert-OH is 1. The van der Waals surface area contributed by atoms with E-state index in [1.54, 1.807) is 60.5 Å². The summed E-state index contributed by atoms with van der Waals surface area (Å²) in [5, 5.41) is 22.8. The molecule has 0 fully saturated rings. The average molecular weight is 386 g/mol. The van der Waals surface area contributed by atoms with Crippen LogP contribution in [0.25, 0.3) is 16.8 Å². The van der Waals surface area contributed by atoms with Gasteiger partial charge in [-0.1, -0.05) is 18.2 Å². The van der Waals surface area contributed by atoms with Crippen LogP contribution in [0.2, 0.25) is 0 Å². The van der Waals surface area contributed by atoms with E-state index in [1.807, 2.05) is 0 Å². The van der Waals surface area contributed by atoms with Crippen LogP contribution < -0.4 is 5.32 Å². The van der Waals surface area contributed by atoms with Crippen LogP contribution in [-0.2, 0) is 0 Å². The molecule has 0 amide bonds. The topological polar surface area (TPSA) is 91.1 Å². The Morgan fingerprint density at radius 1 is 1.32 bits per heavy atom. The Bertz CT molecular complexity index is 991. The molecule has 0 saturated carbocycles. The molecule has 3 rings (SSSR count). The quantitative estimate of drug-likeness (QED) is 0.400. The van der Waals surface area contributed by atoms with Gasteiger partial charge in [-0.05, 0) is 24.6 Å². The van der Waals surface area contributed by atoms with Crippen LogP contribution in [0.5, 0.6) is 0 Å². The summed E-state index contributed by atoms with van der Waals surface area (Å²) in [6.45, 7) is 1.79. The number of alkyl halides is 2. The van der Waals surface area contributed by atoms with Crippen molar-refractivity contribution in [1.29, 1.82) is 0 Å². The molecule has 0 spiro atoms. The Hall–Kier alpha value is -3.49. The summed E-state index contributed by atoms with van der Waals surface area (Å²) in [6, 6.07) is 1.37. The van der Waals surface area contributed by atoms with Gasteiger partial charge in [0, 0.05) is 36.0 Å². The zero-order valence-corrected chi connectivity index (χ0v) is 15.1. The second kappa shape index (κ2) is 8.94. The van der Waals surface area contributed by atoms with E-state index < -0.39 is 6.43 Å². The maximum Gasteiger partial charge on any atom is 0.242 e. The highest BCUT2D eigenvalue weighted by Crippen LogP contribution is 2.24. The van der Waals surface area contributed by atoms with Gasteiger partial charge in [-0.2, -0.15) is 10.2 Å². The van der Waals surface area contributed by atoms with Crippen molar-refractivity contribution < 1.29 is 13.9 Å². The minimum absolute atomic E-state index is 0.365. The molecule has 0 aliphatic rings. The lowest BCUT2D eigenvalue weighted by molar-refractivity contribution is 0.147. The molecule has 0 aliphatic heterocycles. The van der Waals surface area contributed by atoms with E-state index in [2.05, 4.69) is 25.6 Å². The van der Waals surface area contributed by atoms with E-state index in [9.17, 15) is 8.78 Å². The van der Waals surface area contributed by atoms with Crippen molar-refractivity contribution in [3.05, 3.63) is 67.0 Å². The molecule has 7 nitrogen and oxygen atoms in total. The number of nitrogens with zero attached hydrogens (tertiary/aromatic N) is 4. The van der Waals surface area contributed by atoms with Gasteiger partial charge >= 0.3 is 0 Å². The molecule has 9 heteroatoms. The van der Waals surface area contributed by atoms with E-state index in [0.29, 0.717) is 17.0 Å². The summed E-state index contributed by atoms with van der Waals surface area (Å²) in [5.41, 5.74) is 2.81. The number of allylic oxidation sites excluding steroid dienone is 4. The number of halogens is 2. The molecule has 1 unspecified atom stereocenters. The molecular weight excluding hydrogens is 366 g/mol. The first-order chi connectivity index (χ1) is 13.6. The molecule has 3 N–H and O–H groups in total. The van der Waals surface area contributed by atoms with E-state index in [0.717, 1.165) is 17.4 Å². The number of nitrogens with one attached hydrogen (secondary N) is 2. The highest BCUT2D eigenvalue weighted by molar-refractivity contribution is 5.76. The summed E-state index contributed by atoms with van der Waals surface area (Å²) >= 11 is 0. The average Bonchev–Trinajstić information content (AvgIpc) is 3.32. The molecule has 146 valence electrons. The van der Waals surface area contributed by atoms with Crippen molar-refractivity contribution in [3.8, 4) is 11.1 Å². The third-order valence-corrected chi connectivity index (χ3v) is 4.11. The van der Waals surface area contributed by atoms with E-state index >= 15 is 0 Å². The van der Waals surface area contributed by atoms with Gasteiger partial charge in [-0.3, -0.25) is 5.10 Å². The first-order valence-corrected chi connectivity index (χ1v) is 8.63. The van der Waals surface area contributed by atoms with Crippen molar-refractivity contribution >= 4 is 11.5 Å². The Kier molecular flexibility index (Phi) is 6.15. The van der Waals surface area contributed by atoms with Gasteiger partial charge in [0.05, 0.1) is 18.7 Å². The van der Waals surface area contributed by atoms with Gasteiger partial charge < -0.3 is 10.4 Å².